The standard InChI is InChI=1S/C8H8O2.Cl2HN/c9-8(10)6-7-4-2-1-3-5-7;1-3-2/h1-5H,6H2,(H,9,10);3H. The lowest BCUT2D eigenvalue weighted by Crippen LogP contribution is -1.98. The van der Waals surface area contributed by atoms with Crippen LogP contribution in [0.2, 0.25) is 0 Å². The molecule has 0 aromatic heterocycles. The molecule has 0 unspecified atom stereocenters. The first kappa shape index (κ1) is 12.2. The van der Waals surface area contributed by atoms with Crippen molar-refractivity contribution < 1.29 is 9.90 Å². The van der Waals surface area contributed by atoms with Gasteiger partial charge in [0, 0.05) is 0 Å². The summed E-state index contributed by atoms with van der Waals surface area (Å²) in [5.74, 6) is -0.786. The molecule has 13 heavy (non-hydrogen) atoms. The van der Waals surface area contributed by atoms with Crippen LogP contribution >= 0.6 is 23.6 Å². The van der Waals surface area contributed by atoms with Gasteiger partial charge in [0.25, 0.3) is 0 Å². The third-order valence-corrected chi connectivity index (χ3v) is 1.20. The van der Waals surface area contributed by atoms with Gasteiger partial charge in [-0.15, -0.1) is 4.35 Å². The van der Waals surface area contributed by atoms with Gasteiger partial charge in [0.15, 0.2) is 0 Å². The summed E-state index contributed by atoms with van der Waals surface area (Å²) >= 11 is 9.03. The molecule has 72 valence electrons. The summed E-state index contributed by atoms with van der Waals surface area (Å²) in [6, 6.07) is 9.13. The first-order valence-electron chi connectivity index (χ1n) is 3.42. The Morgan fingerprint density at radius 2 is 1.77 bits per heavy atom. The molecule has 0 radical (unpaired) electrons. The molecule has 0 amide bonds. The second kappa shape index (κ2) is 7.86. The van der Waals surface area contributed by atoms with Gasteiger partial charge in [0.2, 0.25) is 0 Å². The first-order chi connectivity index (χ1) is 6.20. The molecule has 0 fully saturated rings. The second-order valence-electron chi connectivity index (χ2n) is 2.13. The Bertz CT molecular complexity index is 241. The fourth-order valence-corrected chi connectivity index (χ4v) is 0.770. The van der Waals surface area contributed by atoms with Crippen LogP contribution in [0.5, 0.6) is 0 Å². The van der Waals surface area contributed by atoms with E-state index in [1.807, 2.05) is 18.2 Å². The monoisotopic (exact) mass is 221 g/mol. The minimum absolute atomic E-state index is 0.112. The van der Waals surface area contributed by atoms with Gasteiger partial charge in [-0.1, -0.05) is 30.3 Å². The Morgan fingerprint density at radius 1 is 1.31 bits per heavy atom. The smallest absolute Gasteiger partial charge is 0.307 e. The van der Waals surface area contributed by atoms with Crippen molar-refractivity contribution in [3.63, 3.8) is 0 Å². The number of hydrogen-bond donors (Lipinski definition) is 2. The van der Waals surface area contributed by atoms with E-state index >= 15 is 0 Å². The number of aliphatic carboxylic acids is 1. The van der Waals surface area contributed by atoms with Gasteiger partial charge >= 0.3 is 5.97 Å². The molecule has 0 saturated carbocycles. The van der Waals surface area contributed by atoms with E-state index in [1.54, 1.807) is 16.5 Å². The number of rotatable bonds is 2. The topological polar surface area (TPSA) is 49.3 Å². The van der Waals surface area contributed by atoms with E-state index in [2.05, 4.69) is 23.6 Å². The quantitative estimate of drug-likeness (QED) is 0.754. The third kappa shape index (κ3) is 7.59. The fourth-order valence-electron chi connectivity index (χ4n) is 0.770. The molecule has 5 heteroatoms. The second-order valence-corrected chi connectivity index (χ2v) is 2.70. The number of nitrogens with one attached hydrogen (secondary N) is 1. The number of halogens is 2. The van der Waals surface area contributed by atoms with Gasteiger partial charge in [-0.2, -0.15) is 0 Å². The van der Waals surface area contributed by atoms with E-state index in [0.717, 1.165) is 5.56 Å². The largest absolute Gasteiger partial charge is 0.481 e. The highest BCUT2D eigenvalue weighted by Crippen LogP contribution is 1.98. The molecule has 0 atom stereocenters. The highest BCUT2D eigenvalue weighted by atomic mass is 35.5. The van der Waals surface area contributed by atoms with Gasteiger partial charge in [-0.3, -0.25) is 4.79 Å². The molecule has 1 aromatic rings. The number of carboxylic acids is 1. The van der Waals surface area contributed by atoms with Crippen molar-refractivity contribution in [2.45, 2.75) is 6.42 Å². The van der Waals surface area contributed by atoms with E-state index in [9.17, 15) is 4.79 Å². The molecule has 0 heterocycles. The van der Waals surface area contributed by atoms with Crippen LogP contribution in [0.15, 0.2) is 30.3 Å². The lowest BCUT2D eigenvalue weighted by atomic mass is 10.2. The SMILES string of the molecule is ClNCl.O=C(O)Cc1ccccc1. The predicted octanol–water partition coefficient (Wildman–Crippen LogP) is 2.20. The molecule has 0 aliphatic heterocycles. The van der Waals surface area contributed by atoms with E-state index in [-0.39, 0.29) is 6.42 Å². The van der Waals surface area contributed by atoms with Crippen molar-refractivity contribution in [1.29, 1.82) is 0 Å². The van der Waals surface area contributed by atoms with Crippen LogP contribution < -0.4 is 4.35 Å². The zero-order chi connectivity index (χ0) is 10.1. The molecule has 0 aliphatic carbocycles. The Morgan fingerprint density at radius 3 is 2.15 bits per heavy atom. The van der Waals surface area contributed by atoms with Crippen molar-refractivity contribution in [3.8, 4) is 0 Å². The van der Waals surface area contributed by atoms with E-state index < -0.39 is 5.97 Å². The van der Waals surface area contributed by atoms with E-state index in [4.69, 9.17) is 5.11 Å². The van der Waals surface area contributed by atoms with E-state index in [0.29, 0.717) is 0 Å². The fraction of sp³-hybridized carbons (Fsp3) is 0.125. The first-order valence-corrected chi connectivity index (χ1v) is 4.18. The molecule has 0 bridgehead atoms. The van der Waals surface area contributed by atoms with Crippen LogP contribution in [0.25, 0.3) is 0 Å². The third-order valence-electron chi connectivity index (χ3n) is 1.20. The lowest BCUT2D eigenvalue weighted by molar-refractivity contribution is -0.136. The summed E-state index contributed by atoms with van der Waals surface area (Å²) in [6.45, 7) is 0. The molecule has 0 aliphatic rings. The Kier molecular flexibility index (Phi) is 7.39. The van der Waals surface area contributed by atoms with Crippen molar-refractivity contribution in [1.82, 2.24) is 4.35 Å². The molecule has 1 rings (SSSR count). The summed E-state index contributed by atoms with van der Waals surface area (Å²) in [5, 5.41) is 8.37. The zero-order valence-corrected chi connectivity index (χ0v) is 8.22. The molecule has 2 N–H and O–H groups in total. The highest BCUT2D eigenvalue weighted by Gasteiger charge is 1.96. The average Bonchev–Trinajstić information content (AvgIpc) is 2.06. The minimum Gasteiger partial charge on any atom is -0.481 e. The maximum atomic E-state index is 10.2. The molecule has 3 nitrogen and oxygen atoms in total. The summed E-state index contributed by atoms with van der Waals surface area (Å²) in [5.41, 5.74) is 0.843. The highest BCUT2D eigenvalue weighted by molar-refractivity contribution is 6.33. The number of benzene rings is 1. The van der Waals surface area contributed by atoms with Crippen LogP contribution in [0, 0.1) is 0 Å². The van der Waals surface area contributed by atoms with Gasteiger partial charge in [0.05, 0.1) is 6.42 Å². The Hall–Kier alpha value is -0.770. The maximum Gasteiger partial charge on any atom is 0.307 e. The predicted molar refractivity (Wildman–Crippen MR) is 52.6 cm³/mol. The normalized spacial score (nSPS) is 8.46. The summed E-state index contributed by atoms with van der Waals surface area (Å²) in [4.78, 5) is 10.2. The van der Waals surface area contributed by atoms with Crippen molar-refractivity contribution >= 4 is 29.5 Å². The number of hydrogen-bond acceptors (Lipinski definition) is 2. The van der Waals surface area contributed by atoms with Gasteiger partial charge in [-0.25, -0.2) is 0 Å². The van der Waals surface area contributed by atoms with Gasteiger partial charge < -0.3 is 5.11 Å². The molecule has 0 saturated heterocycles. The van der Waals surface area contributed by atoms with Crippen LogP contribution in [0.4, 0.5) is 0 Å². The van der Waals surface area contributed by atoms with Crippen LogP contribution in [-0.2, 0) is 11.2 Å². The molecular formula is C8H9Cl2NO2. The van der Waals surface area contributed by atoms with Gasteiger partial charge in [0.1, 0.15) is 0 Å². The average molecular weight is 222 g/mol. The summed E-state index contributed by atoms with van der Waals surface area (Å²) < 4.78 is 1.69. The number of carboxylic acid groups (broad SMARTS) is 1. The van der Waals surface area contributed by atoms with Crippen LogP contribution in [0.1, 0.15) is 5.56 Å². The molecule has 0 spiro atoms. The molecular weight excluding hydrogens is 213 g/mol. The van der Waals surface area contributed by atoms with Crippen LogP contribution in [-0.4, -0.2) is 11.1 Å². The van der Waals surface area contributed by atoms with Crippen molar-refractivity contribution in [3.05, 3.63) is 35.9 Å². The number of carbonyl (C=O) groups is 1. The Balaban J connectivity index is 0.000000424. The minimum atomic E-state index is -0.786. The lowest BCUT2D eigenvalue weighted by Gasteiger charge is -1.92. The molecule has 1 aromatic carbocycles. The zero-order valence-electron chi connectivity index (χ0n) is 6.71. The summed E-state index contributed by atoms with van der Waals surface area (Å²) in [7, 11) is 0. The Labute approximate surface area is 86.5 Å². The van der Waals surface area contributed by atoms with Crippen molar-refractivity contribution in [2.75, 3.05) is 0 Å². The van der Waals surface area contributed by atoms with Crippen LogP contribution in [0.3, 0.4) is 0 Å². The van der Waals surface area contributed by atoms with Gasteiger partial charge in [-0.05, 0) is 29.1 Å². The van der Waals surface area contributed by atoms with Crippen molar-refractivity contribution in [2.24, 2.45) is 0 Å². The maximum absolute atomic E-state index is 10.2. The van der Waals surface area contributed by atoms with E-state index in [1.165, 1.54) is 0 Å². The summed E-state index contributed by atoms with van der Waals surface area (Å²) in [6.07, 6.45) is 0.112.